The summed E-state index contributed by atoms with van der Waals surface area (Å²) in [7, 11) is 0. The fourth-order valence-corrected chi connectivity index (χ4v) is 2.37. The Bertz CT molecular complexity index is 648. The van der Waals surface area contributed by atoms with Gasteiger partial charge in [0, 0.05) is 11.6 Å². The molecule has 0 aromatic heterocycles. The van der Waals surface area contributed by atoms with Crippen molar-refractivity contribution >= 4 is 5.71 Å². The summed E-state index contributed by atoms with van der Waals surface area (Å²) in [6, 6.07) is 9.43. The highest BCUT2D eigenvalue weighted by Crippen LogP contribution is 2.17. The molecule has 0 saturated carbocycles. The fraction of sp³-hybridized carbons (Fsp3) is 0.350. The zero-order valence-electron chi connectivity index (χ0n) is 13.2. The number of hydrogen-bond acceptors (Lipinski definition) is 1. The van der Waals surface area contributed by atoms with Crippen molar-refractivity contribution in [2.24, 2.45) is 4.99 Å². The molecule has 21 heavy (non-hydrogen) atoms. The Kier molecular flexibility index (Phi) is 5.58. The van der Waals surface area contributed by atoms with Crippen molar-refractivity contribution in [3.8, 4) is 12.0 Å². The van der Waals surface area contributed by atoms with Gasteiger partial charge in [-0.05, 0) is 55.7 Å². The van der Waals surface area contributed by atoms with Gasteiger partial charge in [-0.2, -0.15) is 0 Å². The number of unbranched alkanes of at least 4 members (excludes halogenated alkanes) is 1. The molecule has 0 bridgehead atoms. The van der Waals surface area contributed by atoms with Gasteiger partial charge >= 0.3 is 0 Å². The second-order valence-corrected chi connectivity index (χ2v) is 5.47. The Balaban J connectivity index is 2.27. The molecule has 108 valence electrons. The summed E-state index contributed by atoms with van der Waals surface area (Å²) in [5.41, 5.74) is 6.14. The zero-order valence-corrected chi connectivity index (χ0v) is 13.2. The van der Waals surface area contributed by atoms with E-state index in [1.54, 1.807) is 0 Å². The Hall–Kier alpha value is -2.07. The topological polar surface area (TPSA) is 12.4 Å². The van der Waals surface area contributed by atoms with Gasteiger partial charge in [0.05, 0.1) is 5.71 Å². The molecule has 0 atom stereocenters. The Morgan fingerprint density at radius 1 is 1.29 bits per heavy atom. The van der Waals surface area contributed by atoms with Gasteiger partial charge in [-0.1, -0.05) is 49.8 Å². The van der Waals surface area contributed by atoms with Gasteiger partial charge in [-0.3, -0.25) is 0 Å². The van der Waals surface area contributed by atoms with Gasteiger partial charge < -0.3 is 0 Å². The van der Waals surface area contributed by atoms with Crippen LogP contribution < -0.4 is 0 Å². The van der Waals surface area contributed by atoms with Gasteiger partial charge in [0.15, 0.2) is 0 Å². The number of nitrogens with zero attached hydrogens (tertiary/aromatic N) is 1. The van der Waals surface area contributed by atoms with Crippen LogP contribution in [0.1, 0.15) is 49.3 Å². The highest BCUT2D eigenvalue weighted by Gasteiger charge is 2.07. The van der Waals surface area contributed by atoms with Crippen molar-refractivity contribution in [3.63, 3.8) is 0 Å². The minimum absolute atomic E-state index is 0.941. The summed E-state index contributed by atoms with van der Waals surface area (Å²) in [6.45, 7) is 6.53. The van der Waals surface area contributed by atoms with Gasteiger partial charge in [0.2, 0.25) is 0 Å². The van der Waals surface area contributed by atoms with Crippen molar-refractivity contribution in [1.82, 2.24) is 0 Å². The lowest BCUT2D eigenvalue weighted by Crippen LogP contribution is -2.04. The first kappa shape index (κ1) is 15.3. The second-order valence-electron chi connectivity index (χ2n) is 5.47. The molecule has 0 radical (unpaired) electrons. The normalized spacial score (nSPS) is 13.9. The number of benzene rings is 1. The van der Waals surface area contributed by atoms with E-state index in [-0.39, 0.29) is 0 Å². The van der Waals surface area contributed by atoms with Gasteiger partial charge in [-0.15, -0.1) is 0 Å². The molecule has 1 aromatic carbocycles. The van der Waals surface area contributed by atoms with E-state index in [9.17, 15) is 0 Å². The van der Waals surface area contributed by atoms with Crippen molar-refractivity contribution in [3.05, 3.63) is 58.7 Å². The van der Waals surface area contributed by atoms with E-state index in [2.05, 4.69) is 74.2 Å². The molecule has 1 aliphatic rings. The van der Waals surface area contributed by atoms with Crippen LogP contribution >= 0.6 is 0 Å². The summed E-state index contributed by atoms with van der Waals surface area (Å²) in [5, 5.41) is 0. The van der Waals surface area contributed by atoms with Gasteiger partial charge in [-0.25, -0.2) is 4.99 Å². The lowest BCUT2D eigenvalue weighted by Gasteiger charge is -2.10. The molecular formula is C20H23N. The summed E-state index contributed by atoms with van der Waals surface area (Å²) in [5.74, 6) is 3.15. The van der Waals surface area contributed by atoms with Gasteiger partial charge in [0.25, 0.3) is 0 Å². The average molecular weight is 277 g/mol. The number of allylic oxidation sites excluding steroid dienone is 4. The SMILES string of the molecule is CCCCC(=NC#CC1=CC=CC1)c1cccc(C)c1C. The number of aliphatic imine (C=N–C) groups is 1. The van der Waals surface area contributed by atoms with Crippen LogP contribution in [0.2, 0.25) is 0 Å². The van der Waals surface area contributed by atoms with E-state index < -0.39 is 0 Å². The van der Waals surface area contributed by atoms with E-state index in [1.807, 2.05) is 0 Å². The smallest absolute Gasteiger partial charge is 0.0586 e. The Labute approximate surface area is 128 Å². The second kappa shape index (κ2) is 7.64. The third kappa shape index (κ3) is 4.20. The Morgan fingerprint density at radius 2 is 2.14 bits per heavy atom. The molecule has 0 aliphatic heterocycles. The molecule has 0 amide bonds. The van der Waals surface area contributed by atoms with Crippen molar-refractivity contribution < 1.29 is 0 Å². The first-order valence-corrected chi connectivity index (χ1v) is 7.72. The van der Waals surface area contributed by atoms with Crippen LogP contribution in [0.5, 0.6) is 0 Å². The average Bonchev–Trinajstić information content (AvgIpc) is 2.99. The first-order valence-electron chi connectivity index (χ1n) is 7.72. The quantitative estimate of drug-likeness (QED) is 0.534. The van der Waals surface area contributed by atoms with Crippen molar-refractivity contribution in [2.45, 2.75) is 46.5 Å². The maximum Gasteiger partial charge on any atom is 0.0586 e. The molecule has 0 saturated heterocycles. The van der Waals surface area contributed by atoms with Crippen LogP contribution in [0, 0.1) is 25.8 Å². The fourth-order valence-electron chi connectivity index (χ4n) is 2.37. The van der Waals surface area contributed by atoms with Gasteiger partial charge in [0.1, 0.15) is 0 Å². The van der Waals surface area contributed by atoms with Crippen molar-refractivity contribution in [2.75, 3.05) is 0 Å². The maximum atomic E-state index is 4.58. The van der Waals surface area contributed by atoms with Crippen LogP contribution in [-0.2, 0) is 0 Å². The van der Waals surface area contributed by atoms with Crippen LogP contribution in [0.3, 0.4) is 0 Å². The van der Waals surface area contributed by atoms with E-state index >= 15 is 0 Å². The molecule has 0 spiro atoms. The van der Waals surface area contributed by atoms with E-state index in [1.165, 1.54) is 23.1 Å². The summed E-state index contributed by atoms with van der Waals surface area (Å²) < 4.78 is 0. The predicted octanol–water partition coefficient (Wildman–Crippen LogP) is 5.13. The molecular weight excluding hydrogens is 254 g/mol. The third-order valence-electron chi connectivity index (χ3n) is 3.86. The van der Waals surface area contributed by atoms with E-state index in [0.29, 0.717) is 0 Å². The van der Waals surface area contributed by atoms with E-state index in [0.717, 1.165) is 30.5 Å². The molecule has 1 nitrogen and oxygen atoms in total. The monoisotopic (exact) mass is 277 g/mol. The molecule has 1 heteroatoms. The lowest BCUT2D eigenvalue weighted by atomic mass is 9.97. The standard InChI is InChI=1S/C20H23N/c1-4-5-13-20(19-12-8-9-16(2)17(19)3)21-15-14-18-10-6-7-11-18/h6-10,12H,4-5,11,13H2,1-3H3. The number of rotatable bonds is 4. The predicted molar refractivity (Wildman–Crippen MR) is 91.6 cm³/mol. The molecule has 1 aromatic rings. The number of aryl methyl sites for hydroxylation is 1. The Morgan fingerprint density at radius 3 is 2.86 bits per heavy atom. The zero-order chi connectivity index (χ0) is 15.1. The minimum Gasteiger partial charge on any atom is -0.201 e. The molecule has 2 rings (SSSR count). The number of hydrogen-bond donors (Lipinski definition) is 0. The van der Waals surface area contributed by atoms with Crippen molar-refractivity contribution in [1.29, 1.82) is 0 Å². The highest BCUT2D eigenvalue weighted by atomic mass is 14.7. The highest BCUT2D eigenvalue weighted by molar-refractivity contribution is 6.02. The maximum absolute atomic E-state index is 4.58. The van der Waals surface area contributed by atoms with Crippen LogP contribution in [0.4, 0.5) is 0 Å². The lowest BCUT2D eigenvalue weighted by molar-refractivity contribution is 0.835. The molecule has 0 N–H and O–H groups in total. The molecule has 0 fully saturated rings. The summed E-state index contributed by atoms with van der Waals surface area (Å²) in [4.78, 5) is 4.58. The van der Waals surface area contributed by atoms with Crippen LogP contribution in [-0.4, -0.2) is 5.71 Å². The first-order chi connectivity index (χ1) is 10.2. The molecule has 1 aliphatic carbocycles. The summed E-state index contributed by atoms with van der Waals surface area (Å²) in [6.07, 6.45) is 10.5. The third-order valence-corrected chi connectivity index (χ3v) is 3.86. The van der Waals surface area contributed by atoms with Crippen LogP contribution in [0.25, 0.3) is 0 Å². The molecule has 0 heterocycles. The minimum atomic E-state index is 0.941. The van der Waals surface area contributed by atoms with Crippen LogP contribution in [0.15, 0.2) is 47.0 Å². The largest absolute Gasteiger partial charge is 0.201 e. The molecule has 0 unspecified atom stereocenters. The summed E-state index contributed by atoms with van der Waals surface area (Å²) >= 11 is 0. The van der Waals surface area contributed by atoms with E-state index in [4.69, 9.17) is 0 Å².